The van der Waals surface area contributed by atoms with Crippen LogP contribution in [0.5, 0.6) is 0 Å². The largest absolute Gasteiger partial charge is 0.314 e. The van der Waals surface area contributed by atoms with E-state index in [9.17, 15) is 4.39 Å². The van der Waals surface area contributed by atoms with Crippen molar-refractivity contribution in [2.75, 3.05) is 26.2 Å². The Morgan fingerprint density at radius 3 is 2.67 bits per heavy atom. The van der Waals surface area contributed by atoms with E-state index in [0.717, 1.165) is 44.6 Å². The molecule has 0 saturated carbocycles. The van der Waals surface area contributed by atoms with Gasteiger partial charge in [-0.05, 0) is 24.1 Å². The number of benzene rings is 1. The number of halogens is 2. The Balaban J connectivity index is 0.00000162. The second kappa shape index (κ2) is 7.72. The van der Waals surface area contributed by atoms with Crippen LogP contribution in [-0.4, -0.2) is 31.1 Å². The minimum Gasteiger partial charge on any atom is -0.314 e. The Hall–Kier alpha value is -0.640. The molecule has 1 N–H and O–H groups in total. The molecule has 0 unspecified atom stereocenters. The van der Waals surface area contributed by atoms with Crippen LogP contribution >= 0.6 is 12.4 Å². The maximum absolute atomic E-state index is 13.3. The first kappa shape index (κ1) is 15.4. The van der Waals surface area contributed by atoms with Gasteiger partial charge in [-0.15, -0.1) is 12.4 Å². The van der Waals surface area contributed by atoms with Crippen molar-refractivity contribution in [3.63, 3.8) is 0 Å². The van der Waals surface area contributed by atoms with Gasteiger partial charge in [0.15, 0.2) is 0 Å². The third-order valence-corrected chi connectivity index (χ3v) is 3.39. The summed E-state index contributed by atoms with van der Waals surface area (Å²) >= 11 is 0. The second-order valence-electron chi connectivity index (χ2n) is 4.65. The van der Waals surface area contributed by atoms with Crippen molar-refractivity contribution in [1.29, 1.82) is 0 Å². The summed E-state index contributed by atoms with van der Waals surface area (Å²) < 4.78 is 13.3. The monoisotopic (exact) mass is 272 g/mol. The number of hydrogen-bond acceptors (Lipinski definition) is 2. The fourth-order valence-electron chi connectivity index (χ4n) is 2.54. The summed E-state index contributed by atoms with van der Waals surface area (Å²) in [7, 11) is 0. The molecule has 0 bridgehead atoms. The highest BCUT2D eigenvalue weighted by molar-refractivity contribution is 5.85. The van der Waals surface area contributed by atoms with Gasteiger partial charge in [0, 0.05) is 32.2 Å². The minimum absolute atomic E-state index is 0. The lowest BCUT2D eigenvalue weighted by molar-refractivity contribution is 0.164. The van der Waals surface area contributed by atoms with E-state index < -0.39 is 0 Å². The smallest absolute Gasteiger partial charge is 0.123 e. The molecule has 0 amide bonds. The second-order valence-corrected chi connectivity index (χ2v) is 4.65. The van der Waals surface area contributed by atoms with E-state index in [0.29, 0.717) is 6.04 Å². The van der Waals surface area contributed by atoms with Gasteiger partial charge in [0.1, 0.15) is 5.82 Å². The van der Waals surface area contributed by atoms with Crippen LogP contribution in [0.15, 0.2) is 24.3 Å². The van der Waals surface area contributed by atoms with Crippen LogP contribution in [0.25, 0.3) is 0 Å². The van der Waals surface area contributed by atoms with Crippen molar-refractivity contribution in [3.8, 4) is 0 Å². The maximum atomic E-state index is 13.3. The molecule has 0 aromatic heterocycles. The van der Waals surface area contributed by atoms with Crippen molar-refractivity contribution >= 4 is 12.4 Å². The lowest BCUT2D eigenvalue weighted by Crippen LogP contribution is -2.45. The molecule has 1 aromatic carbocycles. The van der Waals surface area contributed by atoms with Crippen LogP contribution in [0.3, 0.4) is 0 Å². The molecule has 1 aromatic rings. The summed E-state index contributed by atoms with van der Waals surface area (Å²) in [6.45, 7) is 6.38. The number of nitrogens with one attached hydrogen (secondary N) is 1. The minimum atomic E-state index is -0.126. The van der Waals surface area contributed by atoms with Gasteiger partial charge in [-0.25, -0.2) is 4.39 Å². The molecule has 102 valence electrons. The summed E-state index contributed by atoms with van der Waals surface area (Å²) in [6.07, 6.45) is 2.23. The molecule has 18 heavy (non-hydrogen) atoms. The third-order valence-electron chi connectivity index (χ3n) is 3.39. The predicted octanol–water partition coefficient (Wildman–Crippen LogP) is 2.99. The van der Waals surface area contributed by atoms with Gasteiger partial charge in [-0.2, -0.15) is 0 Å². The number of rotatable bonds is 4. The van der Waals surface area contributed by atoms with E-state index in [-0.39, 0.29) is 18.2 Å². The van der Waals surface area contributed by atoms with Gasteiger partial charge in [0.2, 0.25) is 0 Å². The first-order valence-corrected chi connectivity index (χ1v) is 6.51. The summed E-state index contributed by atoms with van der Waals surface area (Å²) in [5, 5.41) is 3.36. The average molecular weight is 273 g/mol. The third kappa shape index (κ3) is 3.94. The standard InChI is InChI=1S/C14H21FN2.ClH/c1-2-4-14(17-9-7-16-8-10-17)12-5-3-6-13(15)11-12;/h3,5-6,11,14,16H,2,4,7-10H2,1H3;1H/t14-;/m0./s1. The molecule has 0 aliphatic carbocycles. The van der Waals surface area contributed by atoms with Crippen molar-refractivity contribution < 1.29 is 4.39 Å². The zero-order valence-electron chi connectivity index (χ0n) is 10.9. The lowest BCUT2D eigenvalue weighted by Gasteiger charge is -2.35. The summed E-state index contributed by atoms with van der Waals surface area (Å²) in [6, 6.07) is 7.44. The van der Waals surface area contributed by atoms with Crippen LogP contribution in [-0.2, 0) is 0 Å². The molecule has 1 aliphatic rings. The lowest BCUT2D eigenvalue weighted by atomic mass is 10.00. The summed E-state index contributed by atoms with van der Waals surface area (Å²) in [5.74, 6) is -0.126. The van der Waals surface area contributed by atoms with E-state index in [4.69, 9.17) is 0 Å². The molecule has 1 aliphatic heterocycles. The summed E-state index contributed by atoms with van der Waals surface area (Å²) in [5.41, 5.74) is 1.12. The van der Waals surface area contributed by atoms with E-state index in [1.807, 2.05) is 12.1 Å². The van der Waals surface area contributed by atoms with Crippen LogP contribution in [0, 0.1) is 5.82 Å². The van der Waals surface area contributed by atoms with Crippen molar-refractivity contribution in [3.05, 3.63) is 35.6 Å². The van der Waals surface area contributed by atoms with Gasteiger partial charge >= 0.3 is 0 Å². The first-order chi connectivity index (χ1) is 8.31. The number of nitrogens with zero attached hydrogens (tertiary/aromatic N) is 1. The quantitative estimate of drug-likeness (QED) is 0.907. The molecule has 1 heterocycles. The molecule has 2 nitrogen and oxygen atoms in total. The van der Waals surface area contributed by atoms with Gasteiger partial charge in [0.05, 0.1) is 0 Å². The number of piperazine rings is 1. The Labute approximate surface area is 115 Å². The van der Waals surface area contributed by atoms with Crippen LogP contribution in [0.2, 0.25) is 0 Å². The SMILES string of the molecule is CCC[C@@H](c1cccc(F)c1)N1CCNCC1.Cl. The van der Waals surface area contributed by atoms with Crippen LogP contribution in [0.1, 0.15) is 31.4 Å². The van der Waals surface area contributed by atoms with Crippen molar-refractivity contribution in [2.24, 2.45) is 0 Å². The fourth-order valence-corrected chi connectivity index (χ4v) is 2.54. The van der Waals surface area contributed by atoms with E-state index in [1.54, 1.807) is 6.07 Å². The van der Waals surface area contributed by atoms with Gasteiger partial charge in [0.25, 0.3) is 0 Å². The van der Waals surface area contributed by atoms with E-state index in [1.165, 1.54) is 6.07 Å². The summed E-state index contributed by atoms with van der Waals surface area (Å²) in [4.78, 5) is 2.47. The number of hydrogen-bond donors (Lipinski definition) is 1. The fraction of sp³-hybridized carbons (Fsp3) is 0.571. The van der Waals surface area contributed by atoms with E-state index >= 15 is 0 Å². The molecule has 0 radical (unpaired) electrons. The zero-order valence-corrected chi connectivity index (χ0v) is 11.7. The van der Waals surface area contributed by atoms with Gasteiger partial charge in [-0.1, -0.05) is 25.5 Å². The molecular weight excluding hydrogens is 251 g/mol. The topological polar surface area (TPSA) is 15.3 Å². The Bertz CT molecular complexity index is 353. The first-order valence-electron chi connectivity index (χ1n) is 6.51. The molecule has 2 rings (SSSR count). The highest BCUT2D eigenvalue weighted by Gasteiger charge is 2.21. The predicted molar refractivity (Wildman–Crippen MR) is 75.7 cm³/mol. The van der Waals surface area contributed by atoms with Crippen molar-refractivity contribution in [2.45, 2.75) is 25.8 Å². The Kier molecular flexibility index (Phi) is 6.61. The maximum Gasteiger partial charge on any atom is 0.123 e. The van der Waals surface area contributed by atoms with Gasteiger partial charge < -0.3 is 5.32 Å². The van der Waals surface area contributed by atoms with Crippen LogP contribution < -0.4 is 5.32 Å². The molecule has 1 fully saturated rings. The highest BCUT2D eigenvalue weighted by Crippen LogP contribution is 2.26. The van der Waals surface area contributed by atoms with E-state index in [2.05, 4.69) is 17.1 Å². The molecular formula is C14H22ClFN2. The Morgan fingerprint density at radius 2 is 2.06 bits per heavy atom. The van der Waals surface area contributed by atoms with Crippen LogP contribution in [0.4, 0.5) is 4.39 Å². The molecule has 1 atom stereocenters. The van der Waals surface area contributed by atoms with Crippen molar-refractivity contribution in [1.82, 2.24) is 10.2 Å². The normalized spacial score (nSPS) is 18.1. The van der Waals surface area contributed by atoms with Gasteiger partial charge in [-0.3, -0.25) is 4.90 Å². The molecule has 1 saturated heterocycles. The Morgan fingerprint density at radius 1 is 1.33 bits per heavy atom. The highest BCUT2D eigenvalue weighted by atomic mass is 35.5. The molecule has 0 spiro atoms. The molecule has 4 heteroatoms. The zero-order chi connectivity index (χ0) is 12.1. The average Bonchev–Trinajstić information content (AvgIpc) is 2.37.